The fourth-order valence-corrected chi connectivity index (χ4v) is 2.83. The normalized spacial score (nSPS) is 17.4. The van der Waals surface area contributed by atoms with Gasteiger partial charge in [-0.15, -0.1) is 13.2 Å². The summed E-state index contributed by atoms with van der Waals surface area (Å²) in [7, 11) is 0. The van der Waals surface area contributed by atoms with Crippen molar-refractivity contribution in [3.8, 4) is 5.75 Å². The Labute approximate surface area is 151 Å². The molecule has 0 unspecified atom stereocenters. The van der Waals surface area contributed by atoms with Gasteiger partial charge < -0.3 is 15.0 Å². The molecule has 27 heavy (non-hydrogen) atoms. The second-order valence-electron chi connectivity index (χ2n) is 5.82. The average molecular weight is 382 g/mol. The van der Waals surface area contributed by atoms with Gasteiger partial charge in [0.15, 0.2) is 0 Å². The molecule has 1 saturated heterocycles. The molecule has 0 aliphatic carbocycles. The van der Waals surface area contributed by atoms with E-state index in [1.54, 1.807) is 0 Å². The molecular formula is C18H14F4N2O3. The zero-order valence-electron chi connectivity index (χ0n) is 13.8. The van der Waals surface area contributed by atoms with Gasteiger partial charge >= 0.3 is 6.36 Å². The molecule has 0 saturated carbocycles. The van der Waals surface area contributed by atoms with E-state index in [-0.39, 0.29) is 18.7 Å². The van der Waals surface area contributed by atoms with Crippen LogP contribution in [0.4, 0.5) is 17.6 Å². The maximum absolute atomic E-state index is 13.1. The van der Waals surface area contributed by atoms with Gasteiger partial charge in [0.2, 0.25) is 5.91 Å². The first-order valence-electron chi connectivity index (χ1n) is 7.94. The van der Waals surface area contributed by atoms with E-state index in [1.165, 1.54) is 29.2 Å². The van der Waals surface area contributed by atoms with Crippen molar-refractivity contribution in [1.29, 1.82) is 0 Å². The van der Waals surface area contributed by atoms with Crippen molar-refractivity contribution in [1.82, 2.24) is 10.2 Å². The maximum atomic E-state index is 13.1. The first-order chi connectivity index (χ1) is 12.7. The Morgan fingerprint density at radius 3 is 2.30 bits per heavy atom. The predicted molar refractivity (Wildman–Crippen MR) is 86.3 cm³/mol. The summed E-state index contributed by atoms with van der Waals surface area (Å²) in [6, 6.07) is 8.60. The molecule has 0 spiro atoms. The van der Waals surface area contributed by atoms with Crippen LogP contribution >= 0.6 is 0 Å². The number of amides is 2. The van der Waals surface area contributed by atoms with Crippen LogP contribution in [0.25, 0.3) is 0 Å². The van der Waals surface area contributed by atoms with Gasteiger partial charge in [-0.1, -0.05) is 12.1 Å². The molecule has 1 N–H and O–H groups in total. The van der Waals surface area contributed by atoms with Gasteiger partial charge in [0.25, 0.3) is 5.91 Å². The molecular weight excluding hydrogens is 368 g/mol. The number of halogens is 4. The van der Waals surface area contributed by atoms with Crippen molar-refractivity contribution >= 4 is 11.8 Å². The van der Waals surface area contributed by atoms with Crippen LogP contribution in [0.2, 0.25) is 0 Å². The lowest BCUT2D eigenvalue weighted by molar-refractivity contribution is -0.274. The minimum Gasteiger partial charge on any atom is -0.406 e. The quantitative estimate of drug-likeness (QED) is 0.831. The number of carbonyl (C=O) groups excluding carboxylic acids is 2. The number of ether oxygens (including phenoxy) is 1. The molecule has 1 aliphatic rings. The Kier molecular flexibility index (Phi) is 5.02. The summed E-state index contributed by atoms with van der Waals surface area (Å²) in [5.74, 6) is -1.87. The van der Waals surface area contributed by atoms with E-state index in [0.717, 1.165) is 24.3 Å². The van der Waals surface area contributed by atoms with Gasteiger partial charge in [0.1, 0.15) is 17.6 Å². The van der Waals surface area contributed by atoms with Crippen molar-refractivity contribution in [3.05, 3.63) is 65.5 Å². The summed E-state index contributed by atoms with van der Waals surface area (Å²) >= 11 is 0. The number of alkyl halides is 3. The van der Waals surface area contributed by atoms with Gasteiger partial charge in [0, 0.05) is 18.7 Å². The van der Waals surface area contributed by atoms with Crippen molar-refractivity contribution in [2.45, 2.75) is 12.4 Å². The van der Waals surface area contributed by atoms with Crippen molar-refractivity contribution in [2.75, 3.05) is 13.1 Å². The second-order valence-corrected chi connectivity index (χ2v) is 5.82. The van der Waals surface area contributed by atoms with Crippen LogP contribution in [-0.2, 0) is 4.79 Å². The first kappa shape index (κ1) is 18.7. The van der Waals surface area contributed by atoms with Crippen LogP contribution in [0, 0.1) is 5.82 Å². The molecule has 0 bridgehead atoms. The van der Waals surface area contributed by atoms with Gasteiger partial charge in [0.05, 0.1) is 0 Å². The van der Waals surface area contributed by atoms with Crippen LogP contribution in [0.5, 0.6) is 5.75 Å². The molecule has 2 aromatic carbocycles. The molecule has 3 rings (SSSR count). The van der Waals surface area contributed by atoms with E-state index in [2.05, 4.69) is 10.1 Å². The number of hydrogen-bond acceptors (Lipinski definition) is 3. The molecule has 1 heterocycles. The lowest BCUT2D eigenvalue weighted by Gasteiger charge is -2.35. The molecule has 9 heteroatoms. The minimum absolute atomic E-state index is 0.202. The highest BCUT2D eigenvalue weighted by atomic mass is 19.4. The smallest absolute Gasteiger partial charge is 0.406 e. The van der Waals surface area contributed by atoms with Gasteiger partial charge in [-0.3, -0.25) is 9.59 Å². The zero-order valence-corrected chi connectivity index (χ0v) is 13.8. The number of benzene rings is 2. The lowest BCUT2D eigenvalue weighted by Crippen LogP contribution is -2.52. The Balaban J connectivity index is 1.87. The zero-order chi connectivity index (χ0) is 19.6. The second kappa shape index (κ2) is 7.26. The SMILES string of the molecule is O=C1NCCN(C(=O)c2ccc(F)cc2)[C@H]1c1ccc(OC(F)(F)F)cc1. The highest BCUT2D eigenvalue weighted by Gasteiger charge is 2.35. The number of carbonyl (C=O) groups is 2. The number of hydrogen-bond donors (Lipinski definition) is 1. The van der Waals surface area contributed by atoms with Crippen LogP contribution < -0.4 is 10.1 Å². The molecule has 2 amide bonds. The Morgan fingerprint density at radius 2 is 1.70 bits per heavy atom. The Morgan fingerprint density at radius 1 is 1.07 bits per heavy atom. The Hall–Kier alpha value is -3.10. The third-order valence-electron chi connectivity index (χ3n) is 3.99. The summed E-state index contributed by atoms with van der Waals surface area (Å²) in [6.07, 6.45) is -4.83. The fraction of sp³-hybridized carbons (Fsp3) is 0.222. The fourth-order valence-electron chi connectivity index (χ4n) is 2.83. The van der Waals surface area contributed by atoms with Crippen molar-refractivity contribution < 1.29 is 31.9 Å². The standard InChI is InChI=1S/C18H14F4N2O3/c19-13-5-1-12(2-6-13)17(26)24-10-9-23-16(25)15(24)11-3-7-14(8-4-11)27-18(20,21)22/h1-8,15H,9-10H2,(H,23,25)/t15-/m0/s1. The summed E-state index contributed by atoms with van der Waals surface area (Å²) < 4.78 is 53.7. The molecule has 1 aliphatic heterocycles. The molecule has 0 radical (unpaired) electrons. The lowest BCUT2D eigenvalue weighted by atomic mass is 10.0. The van der Waals surface area contributed by atoms with E-state index >= 15 is 0 Å². The highest BCUT2D eigenvalue weighted by Crippen LogP contribution is 2.29. The average Bonchev–Trinajstić information content (AvgIpc) is 2.61. The number of rotatable bonds is 3. The number of piperazine rings is 1. The van der Waals surface area contributed by atoms with Gasteiger partial charge in [-0.05, 0) is 42.0 Å². The van der Waals surface area contributed by atoms with Crippen LogP contribution in [0.1, 0.15) is 22.0 Å². The van der Waals surface area contributed by atoms with Crippen LogP contribution in [0.3, 0.4) is 0 Å². The van der Waals surface area contributed by atoms with Crippen molar-refractivity contribution in [2.24, 2.45) is 0 Å². The Bertz CT molecular complexity index is 835. The third-order valence-corrected chi connectivity index (χ3v) is 3.99. The van der Waals surface area contributed by atoms with E-state index < -0.39 is 35.8 Å². The van der Waals surface area contributed by atoms with Crippen LogP contribution in [0.15, 0.2) is 48.5 Å². The minimum atomic E-state index is -4.83. The molecule has 1 fully saturated rings. The summed E-state index contributed by atoms with van der Waals surface area (Å²) in [4.78, 5) is 26.4. The first-order valence-corrected chi connectivity index (χ1v) is 7.94. The molecule has 142 valence electrons. The van der Waals surface area contributed by atoms with E-state index in [4.69, 9.17) is 0 Å². The van der Waals surface area contributed by atoms with E-state index in [0.29, 0.717) is 5.56 Å². The predicted octanol–water partition coefficient (Wildman–Crippen LogP) is 3.04. The van der Waals surface area contributed by atoms with E-state index in [9.17, 15) is 27.2 Å². The molecule has 1 atom stereocenters. The maximum Gasteiger partial charge on any atom is 0.573 e. The van der Waals surface area contributed by atoms with Gasteiger partial charge in [-0.2, -0.15) is 0 Å². The third kappa shape index (κ3) is 4.36. The monoisotopic (exact) mass is 382 g/mol. The topological polar surface area (TPSA) is 58.6 Å². The van der Waals surface area contributed by atoms with E-state index in [1.807, 2.05) is 0 Å². The highest BCUT2D eigenvalue weighted by molar-refractivity contribution is 5.98. The number of nitrogens with one attached hydrogen (secondary N) is 1. The molecule has 2 aromatic rings. The van der Waals surface area contributed by atoms with Gasteiger partial charge in [-0.25, -0.2) is 4.39 Å². The van der Waals surface area contributed by atoms with Crippen LogP contribution in [-0.4, -0.2) is 36.2 Å². The largest absolute Gasteiger partial charge is 0.573 e. The van der Waals surface area contributed by atoms with Crippen molar-refractivity contribution in [3.63, 3.8) is 0 Å². The summed E-state index contributed by atoms with van der Waals surface area (Å²) in [6.45, 7) is 0.435. The summed E-state index contributed by atoms with van der Waals surface area (Å²) in [5.41, 5.74) is 0.533. The molecule has 5 nitrogen and oxygen atoms in total. The molecule has 0 aromatic heterocycles. The number of nitrogens with zero attached hydrogens (tertiary/aromatic N) is 1. The summed E-state index contributed by atoms with van der Waals surface area (Å²) in [5, 5.41) is 2.62.